The summed E-state index contributed by atoms with van der Waals surface area (Å²) in [6.07, 6.45) is 2.88. The van der Waals surface area contributed by atoms with Crippen LogP contribution in [0.1, 0.15) is 12.8 Å². The first-order chi connectivity index (χ1) is 5.21. The summed E-state index contributed by atoms with van der Waals surface area (Å²) < 4.78 is 0. The molecule has 0 atom stereocenters. The highest BCUT2D eigenvalue weighted by Crippen LogP contribution is 2.29. The molecule has 0 aromatic rings. The van der Waals surface area contributed by atoms with Crippen molar-refractivity contribution in [3.8, 4) is 0 Å². The zero-order valence-corrected chi connectivity index (χ0v) is 6.47. The first-order valence-corrected chi connectivity index (χ1v) is 3.79. The quantitative estimate of drug-likeness (QED) is 0.575. The third kappa shape index (κ3) is 1.43. The van der Waals surface area contributed by atoms with E-state index in [0.717, 1.165) is 13.1 Å². The van der Waals surface area contributed by atoms with Gasteiger partial charge in [0.25, 0.3) is 0 Å². The second-order valence-corrected chi connectivity index (χ2v) is 2.92. The Hall–Kier alpha value is -0.830. The fraction of sp³-hybridized carbons (Fsp3) is 0.625. The monoisotopic (exact) mass is 155 g/mol. The van der Waals surface area contributed by atoms with E-state index in [0.29, 0.717) is 12.8 Å². The minimum Gasteiger partial charge on any atom is -0.481 e. The van der Waals surface area contributed by atoms with Crippen LogP contribution in [0.3, 0.4) is 0 Å². The molecular weight excluding hydrogens is 142 g/mol. The van der Waals surface area contributed by atoms with Gasteiger partial charge in [0, 0.05) is 0 Å². The zero-order valence-electron chi connectivity index (χ0n) is 6.47. The van der Waals surface area contributed by atoms with Gasteiger partial charge in [-0.3, -0.25) is 4.79 Å². The van der Waals surface area contributed by atoms with Crippen molar-refractivity contribution in [1.82, 2.24) is 5.32 Å². The highest BCUT2D eigenvalue weighted by molar-refractivity contribution is 5.77. The molecule has 1 rings (SSSR count). The van der Waals surface area contributed by atoms with Crippen molar-refractivity contribution in [1.29, 1.82) is 0 Å². The summed E-state index contributed by atoms with van der Waals surface area (Å²) in [7, 11) is 0. The molecule has 3 heteroatoms. The number of hydrogen-bond acceptors (Lipinski definition) is 2. The lowest BCUT2D eigenvalue weighted by molar-refractivity contribution is -0.147. The lowest BCUT2D eigenvalue weighted by Crippen LogP contribution is -2.40. The molecule has 2 N–H and O–H groups in total. The molecule has 0 aromatic carbocycles. The Kier molecular flexibility index (Phi) is 2.29. The molecule has 11 heavy (non-hydrogen) atoms. The number of aliphatic carboxylic acids is 1. The van der Waals surface area contributed by atoms with E-state index in [4.69, 9.17) is 5.11 Å². The van der Waals surface area contributed by atoms with Gasteiger partial charge < -0.3 is 10.4 Å². The maximum atomic E-state index is 10.8. The van der Waals surface area contributed by atoms with Crippen LogP contribution in [0.4, 0.5) is 0 Å². The van der Waals surface area contributed by atoms with Gasteiger partial charge in [0.1, 0.15) is 0 Å². The Labute approximate surface area is 66.1 Å². The summed E-state index contributed by atoms with van der Waals surface area (Å²) in [5.74, 6) is -0.742. The molecule has 0 aliphatic carbocycles. The van der Waals surface area contributed by atoms with Crippen molar-refractivity contribution in [3.05, 3.63) is 12.7 Å². The first kappa shape index (κ1) is 8.27. The SMILES string of the molecule is C=CC1(C(=O)O)CCNCC1. The van der Waals surface area contributed by atoms with Gasteiger partial charge in [0.15, 0.2) is 0 Å². The van der Waals surface area contributed by atoms with Gasteiger partial charge in [0.2, 0.25) is 0 Å². The molecule has 0 saturated carbocycles. The predicted octanol–water partition coefficient (Wildman–Crippen LogP) is 0.627. The highest BCUT2D eigenvalue weighted by atomic mass is 16.4. The summed E-state index contributed by atoms with van der Waals surface area (Å²) in [5.41, 5.74) is -0.661. The largest absolute Gasteiger partial charge is 0.481 e. The van der Waals surface area contributed by atoms with Crippen molar-refractivity contribution >= 4 is 5.97 Å². The topological polar surface area (TPSA) is 49.3 Å². The molecule has 1 heterocycles. The molecule has 0 amide bonds. The number of nitrogens with one attached hydrogen (secondary N) is 1. The van der Waals surface area contributed by atoms with Gasteiger partial charge in [-0.15, -0.1) is 6.58 Å². The Morgan fingerprint density at radius 3 is 2.36 bits per heavy atom. The molecule has 0 aromatic heterocycles. The molecule has 3 nitrogen and oxygen atoms in total. The molecule has 0 bridgehead atoms. The summed E-state index contributed by atoms with van der Waals surface area (Å²) in [4.78, 5) is 10.8. The molecule has 1 aliphatic rings. The fourth-order valence-corrected chi connectivity index (χ4v) is 1.38. The van der Waals surface area contributed by atoms with Gasteiger partial charge in [-0.25, -0.2) is 0 Å². The number of carboxylic acids is 1. The van der Waals surface area contributed by atoms with Crippen molar-refractivity contribution in [2.45, 2.75) is 12.8 Å². The Bertz CT molecular complexity index is 171. The summed E-state index contributed by atoms with van der Waals surface area (Å²) in [6, 6.07) is 0. The fourth-order valence-electron chi connectivity index (χ4n) is 1.38. The van der Waals surface area contributed by atoms with Crippen LogP contribution in [0.25, 0.3) is 0 Å². The maximum Gasteiger partial charge on any atom is 0.313 e. The Morgan fingerprint density at radius 1 is 1.55 bits per heavy atom. The van der Waals surface area contributed by atoms with Crippen molar-refractivity contribution in [2.75, 3.05) is 13.1 Å². The maximum absolute atomic E-state index is 10.8. The van der Waals surface area contributed by atoms with E-state index in [1.165, 1.54) is 0 Å². The molecule has 0 radical (unpaired) electrons. The van der Waals surface area contributed by atoms with Crippen LogP contribution in [0.2, 0.25) is 0 Å². The summed E-state index contributed by atoms with van der Waals surface area (Å²) in [6.45, 7) is 5.12. The molecule has 1 aliphatic heterocycles. The molecule has 1 saturated heterocycles. The van der Waals surface area contributed by atoms with E-state index in [-0.39, 0.29) is 0 Å². The first-order valence-electron chi connectivity index (χ1n) is 3.79. The van der Waals surface area contributed by atoms with E-state index >= 15 is 0 Å². The van der Waals surface area contributed by atoms with Crippen LogP contribution in [0.5, 0.6) is 0 Å². The smallest absolute Gasteiger partial charge is 0.313 e. The minimum atomic E-state index is -0.742. The second kappa shape index (κ2) is 3.05. The van der Waals surface area contributed by atoms with Crippen LogP contribution >= 0.6 is 0 Å². The van der Waals surface area contributed by atoms with Crippen LogP contribution in [-0.2, 0) is 4.79 Å². The van der Waals surface area contributed by atoms with E-state index in [1.807, 2.05) is 0 Å². The van der Waals surface area contributed by atoms with Gasteiger partial charge in [-0.1, -0.05) is 6.08 Å². The number of hydrogen-bond donors (Lipinski definition) is 2. The second-order valence-electron chi connectivity index (χ2n) is 2.92. The number of piperidine rings is 1. The summed E-state index contributed by atoms with van der Waals surface area (Å²) in [5, 5.41) is 12.0. The van der Waals surface area contributed by atoms with Crippen molar-refractivity contribution in [2.24, 2.45) is 5.41 Å². The van der Waals surface area contributed by atoms with Crippen LogP contribution in [0.15, 0.2) is 12.7 Å². The van der Waals surface area contributed by atoms with E-state index in [1.54, 1.807) is 6.08 Å². The highest BCUT2D eigenvalue weighted by Gasteiger charge is 2.36. The zero-order chi connectivity index (χ0) is 8.32. The van der Waals surface area contributed by atoms with Crippen molar-refractivity contribution in [3.63, 3.8) is 0 Å². The van der Waals surface area contributed by atoms with Crippen molar-refractivity contribution < 1.29 is 9.90 Å². The molecule has 0 unspecified atom stereocenters. The van der Waals surface area contributed by atoms with Gasteiger partial charge in [-0.05, 0) is 25.9 Å². The van der Waals surface area contributed by atoms with Crippen LogP contribution < -0.4 is 5.32 Å². The molecular formula is C8H13NO2. The molecule has 1 fully saturated rings. The van der Waals surface area contributed by atoms with E-state index in [9.17, 15) is 4.79 Å². The lowest BCUT2D eigenvalue weighted by Gasteiger charge is -2.30. The standard InChI is InChI=1S/C8H13NO2/c1-2-8(7(10)11)3-5-9-6-4-8/h2,9H,1,3-6H2,(H,10,11). The lowest BCUT2D eigenvalue weighted by atomic mass is 9.79. The normalized spacial score (nSPS) is 22.5. The molecule has 0 spiro atoms. The predicted molar refractivity (Wildman–Crippen MR) is 42.4 cm³/mol. The van der Waals surface area contributed by atoms with Crippen LogP contribution in [-0.4, -0.2) is 24.2 Å². The summed E-state index contributed by atoms with van der Waals surface area (Å²) >= 11 is 0. The minimum absolute atomic E-state index is 0.659. The average molecular weight is 155 g/mol. The Morgan fingerprint density at radius 2 is 2.09 bits per heavy atom. The van der Waals surface area contributed by atoms with Crippen LogP contribution in [0, 0.1) is 5.41 Å². The van der Waals surface area contributed by atoms with Gasteiger partial charge >= 0.3 is 5.97 Å². The van der Waals surface area contributed by atoms with E-state index < -0.39 is 11.4 Å². The number of carbonyl (C=O) groups is 1. The Balaban J connectivity index is 2.72. The van der Waals surface area contributed by atoms with Gasteiger partial charge in [0.05, 0.1) is 5.41 Å². The van der Waals surface area contributed by atoms with E-state index in [2.05, 4.69) is 11.9 Å². The number of rotatable bonds is 2. The molecule has 62 valence electrons. The number of carboxylic acid groups (broad SMARTS) is 1. The van der Waals surface area contributed by atoms with Gasteiger partial charge in [-0.2, -0.15) is 0 Å². The average Bonchev–Trinajstić information content (AvgIpc) is 2.05. The third-order valence-corrected chi connectivity index (χ3v) is 2.31. The third-order valence-electron chi connectivity index (χ3n) is 2.31.